The Balaban J connectivity index is 1.32. The summed E-state index contributed by atoms with van der Waals surface area (Å²) in [4.78, 5) is 14.3. The van der Waals surface area contributed by atoms with E-state index in [9.17, 15) is 4.79 Å². The van der Waals surface area contributed by atoms with Crippen LogP contribution in [0.1, 0.15) is 17.3 Å². The van der Waals surface area contributed by atoms with Crippen molar-refractivity contribution in [3.05, 3.63) is 103 Å². The van der Waals surface area contributed by atoms with E-state index in [0.29, 0.717) is 23.4 Å². The van der Waals surface area contributed by atoms with E-state index in [0.717, 1.165) is 28.1 Å². The molecule has 0 aliphatic carbocycles. The molecule has 0 fully saturated rings. The fourth-order valence-electron chi connectivity index (χ4n) is 3.60. The SMILES string of the molecule is CCOc1ccc(-n2nc3ccc(NC(=O)c4ccc(-c5ccccc5)cc4)cc3n2)cc1. The maximum absolute atomic E-state index is 12.7. The van der Waals surface area contributed by atoms with Crippen molar-refractivity contribution in [3.8, 4) is 22.6 Å². The molecule has 0 spiro atoms. The van der Waals surface area contributed by atoms with Gasteiger partial charge in [-0.3, -0.25) is 4.79 Å². The Morgan fingerprint density at radius 1 is 0.818 bits per heavy atom. The summed E-state index contributed by atoms with van der Waals surface area (Å²) in [5.41, 5.74) is 5.71. The zero-order valence-electron chi connectivity index (χ0n) is 18.1. The molecular weight excluding hydrogens is 412 g/mol. The average molecular weight is 434 g/mol. The zero-order chi connectivity index (χ0) is 22.6. The number of anilines is 1. The maximum Gasteiger partial charge on any atom is 0.255 e. The molecule has 0 atom stereocenters. The van der Waals surface area contributed by atoms with Crippen molar-refractivity contribution in [2.24, 2.45) is 0 Å². The molecule has 1 N–H and O–H groups in total. The molecule has 6 heteroatoms. The lowest BCUT2D eigenvalue weighted by Crippen LogP contribution is -2.11. The van der Waals surface area contributed by atoms with Crippen molar-refractivity contribution in [3.63, 3.8) is 0 Å². The van der Waals surface area contributed by atoms with Gasteiger partial charge in [-0.25, -0.2) is 0 Å². The number of amides is 1. The summed E-state index contributed by atoms with van der Waals surface area (Å²) in [5.74, 6) is 0.632. The molecule has 5 aromatic rings. The van der Waals surface area contributed by atoms with Crippen LogP contribution >= 0.6 is 0 Å². The lowest BCUT2D eigenvalue weighted by Gasteiger charge is -2.06. The molecule has 1 aromatic heterocycles. The predicted octanol–water partition coefficient (Wildman–Crippen LogP) is 5.74. The molecule has 1 heterocycles. The number of benzene rings is 4. The summed E-state index contributed by atoms with van der Waals surface area (Å²) in [6.07, 6.45) is 0. The Labute approximate surface area is 191 Å². The second kappa shape index (κ2) is 8.96. The molecule has 6 nitrogen and oxygen atoms in total. The zero-order valence-corrected chi connectivity index (χ0v) is 18.1. The topological polar surface area (TPSA) is 69.0 Å². The molecule has 1 amide bonds. The van der Waals surface area contributed by atoms with Gasteiger partial charge in [0.05, 0.1) is 12.3 Å². The van der Waals surface area contributed by atoms with Crippen LogP contribution in [0, 0.1) is 0 Å². The molecule has 33 heavy (non-hydrogen) atoms. The first kappa shape index (κ1) is 20.5. The molecule has 162 valence electrons. The molecule has 0 aliphatic rings. The highest BCUT2D eigenvalue weighted by molar-refractivity contribution is 6.05. The monoisotopic (exact) mass is 434 g/mol. The van der Waals surface area contributed by atoms with E-state index < -0.39 is 0 Å². The fraction of sp³-hybridized carbons (Fsp3) is 0.0741. The van der Waals surface area contributed by atoms with Gasteiger partial charge in [0.15, 0.2) is 0 Å². The molecule has 0 unspecified atom stereocenters. The van der Waals surface area contributed by atoms with Crippen LogP contribution in [-0.2, 0) is 0 Å². The van der Waals surface area contributed by atoms with Crippen LogP contribution in [-0.4, -0.2) is 27.5 Å². The van der Waals surface area contributed by atoms with Gasteiger partial charge in [0, 0.05) is 11.3 Å². The third-order valence-corrected chi connectivity index (χ3v) is 5.27. The fourth-order valence-corrected chi connectivity index (χ4v) is 3.60. The van der Waals surface area contributed by atoms with Gasteiger partial charge in [-0.1, -0.05) is 42.5 Å². The highest BCUT2D eigenvalue weighted by Crippen LogP contribution is 2.22. The van der Waals surface area contributed by atoms with Gasteiger partial charge in [-0.05, 0) is 72.6 Å². The normalized spacial score (nSPS) is 10.8. The molecule has 0 bridgehead atoms. The Hall–Kier alpha value is -4.45. The van der Waals surface area contributed by atoms with Gasteiger partial charge in [-0.15, -0.1) is 10.2 Å². The maximum atomic E-state index is 12.7. The van der Waals surface area contributed by atoms with Gasteiger partial charge in [0.25, 0.3) is 5.91 Å². The van der Waals surface area contributed by atoms with Crippen LogP contribution in [0.15, 0.2) is 97.1 Å². The second-order valence-electron chi connectivity index (χ2n) is 7.52. The van der Waals surface area contributed by atoms with Gasteiger partial charge in [0.2, 0.25) is 0 Å². The molecule has 0 saturated heterocycles. The number of aromatic nitrogens is 3. The van der Waals surface area contributed by atoms with E-state index >= 15 is 0 Å². The quantitative estimate of drug-likeness (QED) is 0.370. The van der Waals surface area contributed by atoms with Crippen LogP contribution < -0.4 is 10.1 Å². The first-order valence-electron chi connectivity index (χ1n) is 10.8. The van der Waals surface area contributed by atoms with E-state index in [1.807, 2.05) is 104 Å². The van der Waals surface area contributed by atoms with Crippen LogP contribution in [0.3, 0.4) is 0 Å². The van der Waals surface area contributed by atoms with Gasteiger partial charge in [-0.2, -0.15) is 4.80 Å². The number of ether oxygens (including phenoxy) is 1. The Kier molecular flexibility index (Phi) is 5.55. The molecule has 4 aromatic carbocycles. The first-order valence-corrected chi connectivity index (χ1v) is 10.8. The Morgan fingerprint density at radius 3 is 2.24 bits per heavy atom. The van der Waals surface area contributed by atoms with Gasteiger partial charge in [0.1, 0.15) is 16.8 Å². The van der Waals surface area contributed by atoms with Crippen LogP contribution in [0.2, 0.25) is 0 Å². The van der Waals surface area contributed by atoms with Crippen molar-refractivity contribution in [1.82, 2.24) is 15.0 Å². The lowest BCUT2D eigenvalue weighted by atomic mass is 10.0. The summed E-state index contributed by atoms with van der Waals surface area (Å²) in [6.45, 7) is 2.57. The van der Waals surface area contributed by atoms with Crippen molar-refractivity contribution < 1.29 is 9.53 Å². The van der Waals surface area contributed by atoms with Crippen LogP contribution in [0.25, 0.3) is 27.8 Å². The molecule has 0 saturated carbocycles. The standard InChI is InChI=1S/C27H22N4O2/c1-2-33-24-15-13-23(14-16-24)31-29-25-17-12-22(18-26(25)30-31)28-27(32)21-10-8-20(9-11-21)19-6-4-3-5-7-19/h3-18H,2H2,1H3,(H,28,32). The number of carbonyl (C=O) groups excluding carboxylic acids is 1. The number of hydrogen-bond acceptors (Lipinski definition) is 4. The smallest absolute Gasteiger partial charge is 0.255 e. The van der Waals surface area contributed by atoms with Crippen LogP contribution in [0.4, 0.5) is 5.69 Å². The first-order chi connectivity index (χ1) is 16.2. The van der Waals surface area contributed by atoms with Crippen molar-refractivity contribution >= 4 is 22.6 Å². The number of nitrogens with one attached hydrogen (secondary N) is 1. The molecule has 0 radical (unpaired) electrons. The number of hydrogen-bond donors (Lipinski definition) is 1. The highest BCUT2D eigenvalue weighted by Gasteiger charge is 2.10. The van der Waals surface area contributed by atoms with E-state index in [1.54, 1.807) is 4.80 Å². The minimum Gasteiger partial charge on any atom is -0.494 e. The third kappa shape index (κ3) is 4.45. The number of fused-ring (bicyclic) bond motifs is 1. The van der Waals surface area contributed by atoms with E-state index in [-0.39, 0.29) is 5.91 Å². The van der Waals surface area contributed by atoms with E-state index in [2.05, 4.69) is 15.5 Å². The average Bonchev–Trinajstić information content (AvgIpc) is 3.29. The minimum absolute atomic E-state index is 0.173. The molecule has 5 rings (SSSR count). The van der Waals surface area contributed by atoms with Crippen molar-refractivity contribution in [2.45, 2.75) is 6.92 Å². The van der Waals surface area contributed by atoms with Gasteiger partial charge < -0.3 is 10.1 Å². The van der Waals surface area contributed by atoms with E-state index in [1.165, 1.54) is 0 Å². The lowest BCUT2D eigenvalue weighted by molar-refractivity contribution is 0.102. The Bertz CT molecular complexity index is 1390. The minimum atomic E-state index is -0.173. The van der Waals surface area contributed by atoms with Gasteiger partial charge >= 0.3 is 0 Å². The number of nitrogens with zero attached hydrogens (tertiary/aromatic N) is 3. The summed E-state index contributed by atoms with van der Waals surface area (Å²) in [6, 6.07) is 30.7. The van der Waals surface area contributed by atoms with Crippen molar-refractivity contribution in [2.75, 3.05) is 11.9 Å². The number of rotatable bonds is 6. The second-order valence-corrected chi connectivity index (χ2v) is 7.52. The third-order valence-electron chi connectivity index (χ3n) is 5.27. The highest BCUT2D eigenvalue weighted by atomic mass is 16.5. The Morgan fingerprint density at radius 2 is 1.52 bits per heavy atom. The summed E-state index contributed by atoms with van der Waals surface area (Å²) in [7, 11) is 0. The largest absolute Gasteiger partial charge is 0.494 e. The van der Waals surface area contributed by atoms with Crippen LogP contribution in [0.5, 0.6) is 5.75 Å². The summed E-state index contributed by atoms with van der Waals surface area (Å²) < 4.78 is 5.48. The summed E-state index contributed by atoms with van der Waals surface area (Å²) >= 11 is 0. The van der Waals surface area contributed by atoms with E-state index in [4.69, 9.17) is 4.74 Å². The molecule has 0 aliphatic heterocycles. The number of carbonyl (C=O) groups is 1. The predicted molar refractivity (Wildman–Crippen MR) is 130 cm³/mol. The summed E-state index contributed by atoms with van der Waals surface area (Å²) in [5, 5.41) is 12.0. The molecular formula is C27H22N4O2. The van der Waals surface area contributed by atoms with Crippen molar-refractivity contribution in [1.29, 1.82) is 0 Å².